The average molecular weight is 812 g/mol. The molecule has 1 aliphatic heterocycles. The number of hydrogen-bond donors (Lipinski definition) is 0. The molecule has 9 heterocycles. The van der Waals surface area contributed by atoms with E-state index < -0.39 is 0 Å². The van der Waals surface area contributed by atoms with E-state index in [0.717, 1.165) is 128 Å². The van der Waals surface area contributed by atoms with Crippen LogP contribution in [-0.2, 0) is 4.74 Å². The van der Waals surface area contributed by atoms with E-state index in [1.54, 1.807) is 12.5 Å². The van der Waals surface area contributed by atoms with E-state index in [9.17, 15) is 0 Å². The fraction of sp³-hybridized carbons (Fsp3) is 0.0185. The number of allylic oxidation sites excluding steroid dienone is 2. The third-order valence-electron chi connectivity index (χ3n) is 12.1. The number of fused-ring (bicyclic) bond motifs is 9. The van der Waals surface area contributed by atoms with E-state index >= 15 is 0 Å². The van der Waals surface area contributed by atoms with Gasteiger partial charge in [-0.1, -0.05) is 48.5 Å². The van der Waals surface area contributed by atoms with Crippen molar-refractivity contribution in [3.8, 4) is 45.0 Å². The molecule has 1 aliphatic rings. The first-order valence-electron chi connectivity index (χ1n) is 20.8. The standard InChI is InChI=1S/C54H33N7O2/c1-2-7-33(8-3-1)35-23-37(29-56-27-35)45-14-17-49-53(58-45)54-50(18-15-46(59-54)38-24-36(28-57-30-38)34-9-6-22-62-32-34)61(49)39-12-16-47-42(25-39)44-31-55-21-20-48(44)60(47)40-13-19-52-43(26-40)41-10-4-5-11-51(41)63-52/h1-8,10-32H,9H2. The molecule has 4 aromatic carbocycles. The summed E-state index contributed by atoms with van der Waals surface area (Å²) in [7, 11) is 0. The first kappa shape index (κ1) is 35.1. The molecule has 0 aliphatic carbocycles. The number of furan rings is 1. The van der Waals surface area contributed by atoms with Gasteiger partial charge in [0.05, 0.1) is 46.0 Å². The predicted molar refractivity (Wildman–Crippen MR) is 250 cm³/mol. The monoisotopic (exact) mass is 811 g/mol. The molecule has 0 N–H and O–H groups in total. The third-order valence-corrected chi connectivity index (χ3v) is 12.1. The fourth-order valence-corrected chi connectivity index (χ4v) is 9.18. The smallest absolute Gasteiger partial charge is 0.135 e. The molecule has 12 aromatic rings. The van der Waals surface area contributed by atoms with Gasteiger partial charge in [0.2, 0.25) is 0 Å². The van der Waals surface area contributed by atoms with E-state index in [0.29, 0.717) is 0 Å². The lowest BCUT2D eigenvalue weighted by atomic mass is 10.0. The van der Waals surface area contributed by atoms with Crippen molar-refractivity contribution in [2.45, 2.75) is 6.42 Å². The van der Waals surface area contributed by atoms with Gasteiger partial charge in [0.1, 0.15) is 22.2 Å². The maximum atomic E-state index is 6.20. The average Bonchev–Trinajstić information content (AvgIpc) is 4.01. The lowest BCUT2D eigenvalue weighted by Gasteiger charge is -2.11. The molecule has 13 rings (SSSR count). The van der Waals surface area contributed by atoms with Gasteiger partial charge in [-0.05, 0) is 109 Å². The van der Waals surface area contributed by atoms with Gasteiger partial charge in [0, 0.05) is 92.4 Å². The predicted octanol–water partition coefficient (Wildman–Crippen LogP) is 13.0. The molecular formula is C54H33N7O2. The summed E-state index contributed by atoms with van der Waals surface area (Å²) in [5.74, 6) is 0. The fourth-order valence-electron chi connectivity index (χ4n) is 9.18. The van der Waals surface area contributed by atoms with Crippen molar-refractivity contribution < 1.29 is 9.15 Å². The Labute approximate surface area is 359 Å². The zero-order valence-corrected chi connectivity index (χ0v) is 33.6. The number of para-hydroxylation sites is 1. The van der Waals surface area contributed by atoms with Crippen molar-refractivity contribution in [2.24, 2.45) is 0 Å². The van der Waals surface area contributed by atoms with Crippen molar-refractivity contribution in [2.75, 3.05) is 0 Å². The second kappa shape index (κ2) is 13.9. The van der Waals surface area contributed by atoms with Crippen LogP contribution in [0.4, 0.5) is 0 Å². The molecule has 0 unspecified atom stereocenters. The van der Waals surface area contributed by atoms with Gasteiger partial charge in [-0.25, -0.2) is 9.97 Å². The summed E-state index contributed by atoms with van der Waals surface area (Å²) in [6.45, 7) is 0. The number of pyridine rings is 5. The zero-order valence-electron chi connectivity index (χ0n) is 33.6. The Balaban J connectivity index is 1.00. The molecule has 0 bridgehead atoms. The van der Waals surface area contributed by atoms with E-state index in [1.165, 1.54) is 0 Å². The minimum atomic E-state index is 0.772. The highest BCUT2D eigenvalue weighted by molar-refractivity contribution is 6.12. The zero-order chi connectivity index (χ0) is 41.4. The quantitative estimate of drug-likeness (QED) is 0.165. The van der Waals surface area contributed by atoms with Crippen LogP contribution in [0.3, 0.4) is 0 Å². The number of rotatable bonds is 6. The molecule has 0 saturated carbocycles. The molecular weight excluding hydrogens is 779 g/mol. The summed E-state index contributed by atoms with van der Waals surface area (Å²) in [4.78, 5) is 24.6. The van der Waals surface area contributed by atoms with Gasteiger partial charge in [-0.2, -0.15) is 0 Å². The number of nitrogens with zero attached hydrogens (tertiary/aromatic N) is 7. The largest absolute Gasteiger partial charge is 0.473 e. The maximum Gasteiger partial charge on any atom is 0.135 e. The highest BCUT2D eigenvalue weighted by atomic mass is 16.5. The number of ether oxygens (including phenoxy) is 1. The van der Waals surface area contributed by atoms with Crippen molar-refractivity contribution in [1.29, 1.82) is 0 Å². The summed E-state index contributed by atoms with van der Waals surface area (Å²) in [6.07, 6.45) is 17.6. The van der Waals surface area contributed by atoms with Crippen molar-refractivity contribution in [3.63, 3.8) is 0 Å². The van der Waals surface area contributed by atoms with Crippen LogP contribution in [0, 0.1) is 0 Å². The minimum absolute atomic E-state index is 0.772. The Morgan fingerprint density at radius 1 is 0.444 bits per heavy atom. The SMILES string of the molecule is C1=COC=C(c2cncc(-c3ccc4c(n3)c3nc(-c5cncc(-c6ccccc6)c5)ccc3n4-c3ccc4c(c3)c3cnccc3n4-c3ccc4oc5ccccc5c4c3)c2)C1. The van der Waals surface area contributed by atoms with Gasteiger partial charge >= 0.3 is 0 Å². The van der Waals surface area contributed by atoms with E-state index in [2.05, 4.69) is 127 Å². The Kier molecular flexibility index (Phi) is 7.76. The maximum absolute atomic E-state index is 6.20. The molecule has 0 spiro atoms. The molecule has 0 atom stereocenters. The molecule has 0 fully saturated rings. The van der Waals surface area contributed by atoms with Gasteiger partial charge in [0.25, 0.3) is 0 Å². The summed E-state index contributed by atoms with van der Waals surface area (Å²) < 4.78 is 16.3. The molecule has 296 valence electrons. The molecule has 8 aromatic heterocycles. The molecule has 63 heavy (non-hydrogen) atoms. The van der Waals surface area contributed by atoms with Crippen molar-refractivity contribution in [3.05, 3.63) is 195 Å². The van der Waals surface area contributed by atoms with Crippen LogP contribution in [0.5, 0.6) is 0 Å². The molecule has 0 amide bonds. The first-order valence-corrected chi connectivity index (χ1v) is 20.8. The van der Waals surface area contributed by atoms with E-state index in [1.807, 2.05) is 73.6 Å². The first-order chi connectivity index (χ1) is 31.2. The summed E-state index contributed by atoms with van der Waals surface area (Å²) in [5, 5.41) is 4.31. The lowest BCUT2D eigenvalue weighted by Crippen LogP contribution is -1.96. The normalized spacial score (nSPS) is 12.9. The second-order valence-corrected chi connectivity index (χ2v) is 15.8. The van der Waals surface area contributed by atoms with Gasteiger partial charge in [0.15, 0.2) is 0 Å². The lowest BCUT2D eigenvalue weighted by molar-refractivity contribution is 0.397. The van der Waals surface area contributed by atoms with Crippen LogP contribution in [0.25, 0.3) is 116 Å². The molecule has 0 radical (unpaired) electrons. The third kappa shape index (κ3) is 5.67. The highest BCUT2D eigenvalue weighted by Crippen LogP contribution is 2.39. The van der Waals surface area contributed by atoms with Crippen LogP contribution in [-0.4, -0.2) is 34.1 Å². The summed E-state index contributed by atoms with van der Waals surface area (Å²) >= 11 is 0. The van der Waals surface area contributed by atoms with Crippen LogP contribution < -0.4 is 0 Å². The topological polar surface area (TPSA) is 96.7 Å². The summed E-state index contributed by atoms with van der Waals surface area (Å²) in [6, 6.07) is 46.4. The minimum Gasteiger partial charge on any atom is -0.473 e. The molecule has 0 saturated heterocycles. The van der Waals surface area contributed by atoms with Crippen LogP contribution in [0.15, 0.2) is 194 Å². The van der Waals surface area contributed by atoms with Gasteiger partial charge in [-0.3, -0.25) is 15.0 Å². The van der Waals surface area contributed by atoms with E-state index in [-0.39, 0.29) is 0 Å². The number of hydrogen-bond acceptors (Lipinski definition) is 7. The highest BCUT2D eigenvalue weighted by Gasteiger charge is 2.21. The Bertz CT molecular complexity index is 3880. The van der Waals surface area contributed by atoms with Crippen molar-refractivity contribution in [1.82, 2.24) is 34.1 Å². The van der Waals surface area contributed by atoms with Gasteiger partial charge < -0.3 is 18.3 Å². The summed E-state index contributed by atoms with van der Waals surface area (Å²) in [5.41, 5.74) is 17.0. The van der Waals surface area contributed by atoms with E-state index in [4.69, 9.17) is 19.1 Å². The molecule has 9 nitrogen and oxygen atoms in total. The van der Waals surface area contributed by atoms with Crippen molar-refractivity contribution >= 4 is 71.4 Å². The van der Waals surface area contributed by atoms with Crippen LogP contribution in [0.1, 0.15) is 12.0 Å². The second-order valence-electron chi connectivity index (χ2n) is 15.8. The van der Waals surface area contributed by atoms with Crippen LogP contribution in [0.2, 0.25) is 0 Å². The number of benzene rings is 4. The Morgan fingerprint density at radius 3 is 1.86 bits per heavy atom. The van der Waals surface area contributed by atoms with Gasteiger partial charge in [-0.15, -0.1) is 0 Å². The molecule has 9 heteroatoms. The number of aromatic nitrogens is 7. The Morgan fingerprint density at radius 2 is 1.08 bits per heavy atom. The van der Waals surface area contributed by atoms with Crippen LogP contribution >= 0.6 is 0 Å². The Hall–Kier alpha value is -8.69.